The molecule has 0 aliphatic rings. The Hall–Kier alpha value is -2.46. The van der Waals surface area contributed by atoms with E-state index in [0.29, 0.717) is 12.1 Å². The van der Waals surface area contributed by atoms with Crippen LogP contribution in [0, 0.1) is 17.1 Å². The van der Waals surface area contributed by atoms with Crippen LogP contribution in [0.4, 0.5) is 4.39 Å². The summed E-state index contributed by atoms with van der Waals surface area (Å²) in [5.74, 6) is -1.26. The van der Waals surface area contributed by atoms with Crippen LogP contribution >= 0.6 is 0 Å². The first-order chi connectivity index (χ1) is 10.4. The molecule has 6 nitrogen and oxygen atoms in total. The highest BCUT2D eigenvalue weighted by atomic mass is 19.1. The number of benzene rings is 1. The molecule has 0 saturated carbocycles. The third kappa shape index (κ3) is 5.14. The van der Waals surface area contributed by atoms with Gasteiger partial charge in [0.2, 0.25) is 11.8 Å². The summed E-state index contributed by atoms with van der Waals surface area (Å²) in [4.78, 5) is 25.9. The largest absolute Gasteiger partial charge is 0.369 e. The van der Waals surface area contributed by atoms with Crippen molar-refractivity contribution in [2.24, 2.45) is 5.73 Å². The zero-order valence-corrected chi connectivity index (χ0v) is 12.7. The van der Waals surface area contributed by atoms with E-state index >= 15 is 0 Å². The van der Waals surface area contributed by atoms with Crippen LogP contribution in [0.5, 0.6) is 0 Å². The average Bonchev–Trinajstić information content (AvgIpc) is 2.44. The molecule has 0 unspecified atom stereocenters. The quantitative estimate of drug-likeness (QED) is 0.792. The Morgan fingerprint density at radius 1 is 1.36 bits per heavy atom. The van der Waals surface area contributed by atoms with E-state index in [0.717, 1.165) is 6.07 Å². The van der Waals surface area contributed by atoms with E-state index in [4.69, 9.17) is 11.0 Å². The lowest BCUT2D eigenvalue weighted by Gasteiger charge is -2.24. The molecule has 1 aromatic carbocycles. The van der Waals surface area contributed by atoms with Gasteiger partial charge in [-0.3, -0.25) is 14.5 Å². The normalized spacial score (nSPS) is 10.3. The molecule has 0 bridgehead atoms. The van der Waals surface area contributed by atoms with E-state index in [2.05, 4.69) is 0 Å². The molecule has 1 aromatic rings. The smallest absolute Gasteiger partial charge is 0.237 e. The van der Waals surface area contributed by atoms with Gasteiger partial charge < -0.3 is 10.6 Å². The Morgan fingerprint density at radius 2 is 2.05 bits per heavy atom. The van der Waals surface area contributed by atoms with Crippen LogP contribution in [0.1, 0.15) is 18.1 Å². The topological polar surface area (TPSA) is 90.4 Å². The van der Waals surface area contributed by atoms with Gasteiger partial charge in [0, 0.05) is 18.7 Å². The van der Waals surface area contributed by atoms with Crippen molar-refractivity contribution in [2.45, 2.75) is 13.5 Å². The highest BCUT2D eigenvalue weighted by Gasteiger charge is 2.17. The lowest BCUT2D eigenvalue weighted by Crippen LogP contribution is -2.41. The van der Waals surface area contributed by atoms with Crippen molar-refractivity contribution < 1.29 is 14.0 Å². The number of hydrogen-bond donors (Lipinski definition) is 1. The molecule has 118 valence electrons. The van der Waals surface area contributed by atoms with Crippen molar-refractivity contribution in [1.82, 2.24) is 9.80 Å². The fourth-order valence-corrected chi connectivity index (χ4v) is 1.98. The second-order valence-corrected chi connectivity index (χ2v) is 4.96. The number of halogens is 1. The second kappa shape index (κ2) is 8.10. The van der Waals surface area contributed by atoms with Crippen LogP contribution in [0.25, 0.3) is 0 Å². The van der Waals surface area contributed by atoms with E-state index in [1.54, 1.807) is 14.0 Å². The molecule has 1 rings (SSSR count). The summed E-state index contributed by atoms with van der Waals surface area (Å²) in [5, 5.41) is 8.72. The van der Waals surface area contributed by atoms with Gasteiger partial charge in [0.05, 0.1) is 24.7 Å². The van der Waals surface area contributed by atoms with Crippen molar-refractivity contribution >= 4 is 11.8 Å². The number of carbonyl (C=O) groups excluding carboxylic acids is 2. The van der Waals surface area contributed by atoms with Gasteiger partial charge in [-0.15, -0.1) is 0 Å². The van der Waals surface area contributed by atoms with Crippen LogP contribution in [-0.2, 0) is 16.1 Å². The molecular formula is C15H19FN4O2. The van der Waals surface area contributed by atoms with Crippen molar-refractivity contribution in [2.75, 3.05) is 26.7 Å². The lowest BCUT2D eigenvalue weighted by molar-refractivity contribution is -0.132. The van der Waals surface area contributed by atoms with E-state index in [1.807, 2.05) is 6.07 Å². The van der Waals surface area contributed by atoms with E-state index in [9.17, 15) is 14.0 Å². The third-order valence-corrected chi connectivity index (χ3v) is 3.11. The minimum atomic E-state index is -0.518. The Morgan fingerprint density at radius 3 is 2.55 bits per heavy atom. The van der Waals surface area contributed by atoms with E-state index in [1.165, 1.54) is 21.9 Å². The lowest BCUT2D eigenvalue weighted by atomic mass is 10.1. The van der Waals surface area contributed by atoms with Crippen LogP contribution in [0.15, 0.2) is 18.2 Å². The highest BCUT2D eigenvalue weighted by Crippen LogP contribution is 2.13. The molecule has 22 heavy (non-hydrogen) atoms. The number of primary amides is 1. The van der Waals surface area contributed by atoms with Gasteiger partial charge in [0.25, 0.3) is 0 Å². The first-order valence-corrected chi connectivity index (χ1v) is 6.80. The predicted octanol–water partition coefficient (Wildman–Crippen LogP) is 0.463. The van der Waals surface area contributed by atoms with Gasteiger partial charge in [0.1, 0.15) is 5.82 Å². The molecular weight excluding hydrogens is 287 g/mol. The minimum absolute atomic E-state index is 0.0193. The number of nitrogens with zero attached hydrogens (tertiary/aromatic N) is 3. The number of hydrogen-bond acceptors (Lipinski definition) is 4. The first kappa shape index (κ1) is 17.6. The summed E-state index contributed by atoms with van der Waals surface area (Å²) in [7, 11) is 1.61. The fourth-order valence-electron chi connectivity index (χ4n) is 1.98. The maximum atomic E-state index is 13.9. The Balaban J connectivity index is 2.74. The summed E-state index contributed by atoms with van der Waals surface area (Å²) < 4.78 is 13.9. The van der Waals surface area contributed by atoms with Crippen molar-refractivity contribution in [3.63, 3.8) is 0 Å². The third-order valence-electron chi connectivity index (χ3n) is 3.11. The summed E-state index contributed by atoms with van der Waals surface area (Å²) in [6.07, 6.45) is 0. The molecule has 2 N–H and O–H groups in total. The molecule has 0 aliphatic carbocycles. The number of nitrogens with two attached hydrogens (primary N) is 1. The van der Waals surface area contributed by atoms with Gasteiger partial charge in [-0.05, 0) is 26.1 Å². The molecule has 2 amide bonds. The molecule has 0 aromatic heterocycles. The van der Waals surface area contributed by atoms with E-state index < -0.39 is 11.7 Å². The second-order valence-electron chi connectivity index (χ2n) is 4.96. The number of likely N-dealkylation sites (N-methyl/N-ethyl adjacent to an activating group) is 2. The van der Waals surface area contributed by atoms with Crippen molar-refractivity contribution in [3.8, 4) is 6.07 Å². The maximum absolute atomic E-state index is 13.9. The van der Waals surface area contributed by atoms with Gasteiger partial charge in [0.15, 0.2) is 0 Å². The monoisotopic (exact) mass is 306 g/mol. The van der Waals surface area contributed by atoms with Gasteiger partial charge >= 0.3 is 0 Å². The predicted molar refractivity (Wildman–Crippen MR) is 78.9 cm³/mol. The molecule has 0 saturated heterocycles. The summed E-state index contributed by atoms with van der Waals surface area (Å²) >= 11 is 0. The van der Waals surface area contributed by atoms with Gasteiger partial charge in [-0.1, -0.05) is 6.07 Å². The van der Waals surface area contributed by atoms with Crippen LogP contribution in [-0.4, -0.2) is 48.3 Å². The van der Waals surface area contributed by atoms with Crippen LogP contribution in [0.2, 0.25) is 0 Å². The highest BCUT2D eigenvalue weighted by molar-refractivity contribution is 5.80. The minimum Gasteiger partial charge on any atom is -0.369 e. The molecule has 0 radical (unpaired) electrons. The number of amides is 2. The zero-order chi connectivity index (χ0) is 16.7. The zero-order valence-electron chi connectivity index (χ0n) is 12.7. The van der Waals surface area contributed by atoms with Gasteiger partial charge in [-0.2, -0.15) is 5.26 Å². The Labute approximate surface area is 128 Å². The summed E-state index contributed by atoms with van der Waals surface area (Å²) in [6, 6.07) is 6.01. The molecule has 0 spiro atoms. The molecule has 0 aliphatic heterocycles. The SMILES string of the molecule is CCN(Cc1ccc(C#N)cc1F)C(=O)CN(C)CC(N)=O. The van der Waals surface area contributed by atoms with Gasteiger partial charge in [-0.25, -0.2) is 4.39 Å². The molecule has 0 atom stereocenters. The van der Waals surface area contributed by atoms with E-state index in [-0.39, 0.29) is 31.1 Å². The van der Waals surface area contributed by atoms with Crippen molar-refractivity contribution in [3.05, 3.63) is 35.1 Å². The van der Waals surface area contributed by atoms with Crippen LogP contribution < -0.4 is 5.73 Å². The van der Waals surface area contributed by atoms with Crippen molar-refractivity contribution in [1.29, 1.82) is 5.26 Å². The fraction of sp³-hybridized carbons (Fsp3) is 0.400. The molecule has 7 heteroatoms. The number of rotatable bonds is 7. The van der Waals surface area contributed by atoms with Crippen LogP contribution in [0.3, 0.4) is 0 Å². The maximum Gasteiger partial charge on any atom is 0.237 e. The Kier molecular flexibility index (Phi) is 6.47. The number of nitriles is 1. The first-order valence-electron chi connectivity index (χ1n) is 6.80. The summed E-state index contributed by atoms with van der Waals surface area (Å²) in [6.45, 7) is 2.30. The molecule has 0 heterocycles. The molecule has 0 fully saturated rings. The average molecular weight is 306 g/mol. The Bertz CT molecular complexity index is 598. The number of carbonyl (C=O) groups is 2. The standard InChI is InChI=1S/C15H19FN4O2/c1-3-20(15(22)10-19(2)9-14(18)21)8-12-5-4-11(7-17)6-13(12)16/h4-6H,3,8-10H2,1-2H3,(H2,18,21). The summed E-state index contributed by atoms with van der Waals surface area (Å²) in [5.41, 5.74) is 5.64.